The SMILES string of the molecule is CN(C)c1ccc(/C=N/N=C2/CCCc3c2[nH]c2ccc(C4CCCCC4)cc32)cc1. The summed E-state index contributed by atoms with van der Waals surface area (Å²) in [6.07, 6.45) is 11.9. The first-order valence-electron chi connectivity index (χ1n) is 11.7. The summed E-state index contributed by atoms with van der Waals surface area (Å²) in [5, 5.41) is 10.5. The van der Waals surface area contributed by atoms with Gasteiger partial charge in [0.25, 0.3) is 0 Å². The van der Waals surface area contributed by atoms with Crippen molar-refractivity contribution in [2.45, 2.75) is 57.3 Å². The molecule has 0 radical (unpaired) electrons. The lowest BCUT2D eigenvalue weighted by molar-refractivity contribution is 0.444. The summed E-state index contributed by atoms with van der Waals surface area (Å²) < 4.78 is 0. The molecule has 1 fully saturated rings. The first kappa shape index (κ1) is 20.0. The van der Waals surface area contributed by atoms with Gasteiger partial charge in [-0.05, 0) is 79.0 Å². The van der Waals surface area contributed by atoms with Crippen LogP contribution in [0.25, 0.3) is 10.9 Å². The molecule has 0 atom stereocenters. The Morgan fingerprint density at radius 3 is 2.52 bits per heavy atom. The second-order valence-electron chi connectivity index (χ2n) is 9.25. The van der Waals surface area contributed by atoms with Gasteiger partial charge in [0.1, 0.15) is 0 Å². The van der Waals surface area contributed by atoms with Gasteiger partial charge < -0.3 is 9.88 Å². The molecule has 4 nitrogen and oxygen atoms in total. The molecule has 3 aromatic rings. The lowest BCUT2D eigenvalue weighted by Crippen LogP contribution is -2.11. The third-order valence-corrected chi connectivity index (χ3v) is 6.93. The molecule has 0 spiro atoms. The summed E-state index contributed by atoms with van der Waals surface area (Å²) in [6, 6.07) is 15.5. The molecule has 31 heavy (non-hydrogen) atoms. The van der Waals surface area contributed by atoms with Crippen LogP contribution in [-0.2, 0) is 6.42 Å². The third kappa shape index (κ3) is 4.16. The van der Waals surface area contributed by atoms with Crippen LogP contribution < -0.4 is 4.90 Å². The van der Waals surface area contributed by atoms with E-state index in [1.54, 1.807) is 0 Å². The number of hydrogen-bond acceptors (Lipinski definition) is 3. The van der Waals surface area contributed by atoms with Gasteiger partial charge in [0.05, 0.1) is 17.6 Å². The Kier molecular flexibility index (Phi) is 5.63. The van der Waals surface area contributed by atoms with Gasteiger partial charge >= 0.3 is 0 Å². The van der Waals surface area contributed by atoms with Gasteiger partial charge in [-0.3, -0.25) is 0 Å². The highest BCUT2D eigenvalue weighted by Gasteiger charge is 2.22. The van der Waals surface area contributed by atoms with Crippen molar-refractivity contribution in [1.29, 1.82) is 0 Å². The topological polar surface area (TPSA) is 43.8 Å². The number of hydrogen-bond donors (Lipinski definition) is 1. The van der Waals surface area contributed by atoms with E-state index in [0.717, 1.165) is 36.5 Å². The van der Waals surface area contributed by atoms with E-state index in [0.29, 0.717) is 0 Å². The molecule has 5 rings (SSSR count). The van der Waals surface area contributed by atoms with Gasteiger partial charge in [0.2, 0.25) is 0 Å². The van der Waals surface area contributed by atoms with E-state index >= 15 is 0 Å². The summed E-state index contributed by atoms with van der Waals surface area (Å²) in [5.74, 6) is 0.740. The van der Waals surface area contributed by atoms with Crippen molar-refractivity contribution < 1.29 is 0 Å². The Hall–Kier alpha value is -2.88. The van der Waals surface area contributed by atoms with Gasteiger partial charge in [0.15, 0.2) is 0 Å². The molecule has 1 saturated carbocycles. The maximum Gasteiger partial charge on any atom is 0.0867 e. The molecule has 2 aliphatic carbocycles. The Labute approximate surface area is 185 Å². The van der Waals surface area contributed by atoms with Gasteiger partial charge in [0, 0.05) is 30.7 Å². The van der Waals surface area contributed by atoms with Gasteiger partial charge in [-0.15, -0.1) is 0 Å². The Morgan fingerprint density at radius 2 is 1.74 bits per heavy atom. The van der Waals surface area contributed by atoms with E-state index in [2.05, 4.69) is 62.6 Å². The molecule has 0 aliphatic heterocycles. The van der Waals surface area contributed by atoms with Crippen molar-refractivity contribution in [2.75, 3.05) is 19.0 Å². The average Bonchev–Trinajstić information content (AvgIpc) is 3.19. The number of benzene rings is 2. The van der Waals surface area contributed by atoms with Crippen LogP contribution in [0.3, 0.4) is 0 Å². The van der Waals surface area contributed by atoms with Crippen molar-refractivity contribution in [3.05, 3.63) is 64.8 Å². The molecule has 4 heteroatoms. The highest BCUT2D eigenvalue weighted by molar-refractivity contribution is 6.06. The van der Waals surface area contributed by atoms with E-state index in [-0.39, 0.29) is 0 Å². The zero-order valence-electron chi connectivity index (χ0n) is 18.7. The van der Waals surface area contributed by atoms with E-state index < -0.39 is 0 Å². The molecular formula is C27H32N4. The number of aryl methyl sites for hydroxylation is 1. The molecule has 0 bridgehead atoms. The molecule has 1 heterocycles. The predicted octanol–water partition coefficient (Wildman–Crippen LogP) is 6.44. The normalized spacial score (nSPS) is 18.7. The van der Waals surface area contributed by atoms with Crippen LogP contribution in [0.2, 0.25) is 0 Å². The van der Waals surface area contributed by atoms with Crippen molar-refractivity contribution in [2.24, 2.45) is 10.2 Å². The number of nitrogens with zero attached hydrogens (tertiary/aromatic N) is 3. The number of rotatable bonds is 4. The fourth-order valence-electron chi connectivity index (χ4n) is 5.14. The van der Waals surface area contributed by atoms with Crippen molar-refractivity contribution in [3.8, 4) is 0 Å². The van der Waals surface area contributed by atoms with Gasteiger partial charge in [-0.25, -0.2) is 0 Å². The maximum atomic E-state index is 4.63. The lowest BCUT2D eigenvalue weighted by Gasteiger charge is -2.22. The van der Waals surface area contributed by atoms with E-state index in [1.165, 1.54) is 65.5 Å². The van der Waals surface area contributed by atoms with Gasteiger partial charge in [-0.1, -0.05) is 37.5 Å². The monoisotopic (exact) mass is 412 g/mol. The molecule has 160 valence electrons. The molecular weight excluding hydrogens is 380 g/mol. The molecule has 1 aromatic heterocycles. The van der Waals surface area contributed by atoms with Gasteiger partial charge in [-0.2, -0.15) is 10.2 Å². The Bertz CT molecular complexity index is 1110. The molecule has 0 amide bonds. The third-order valence-electron chi connectivity index (χ3n) is 6.93. The summed E-state index contributed by atoms with van der Waals surface area (Å²) in [7, 11) is 4.10. The second kappa shape index (κ2) is 8.70. The van der Waals surface area contributed by atoms with Crippen LogP contribution in [-0.4, -0.2) is 31.0 Å². The predicted molar refractivity (Wildman–Crippen MR) is 132 cm³/mol. The van der Waals surface area contributed by atoms with Crippen molar-refractivity contribution >= 4 is 28.5 Å². The Balaban J connectivity index is 1.41. The zero-order chi connectivity index (χ0) is 21.2. The van der Waals surface area contributed by atoms with Crippen molar-refractivity contribution in [1.82, 2.24) is 4.98 Å². The smallest absolute Gasteiger partial charge is 0.0867 e. The number of nitrogens with one attached hydrogen (secondary N) is 1. The summed E-state index contributed by atoms with van der Waals surface area (Å²) in [4.78, 5) is 5.75. The van der Waals surface area contributed by atoms with Crippen LogP contribution in [0.15, 0.2) is 52.7 Å². The van der Waals surface area contributed by atoms with E-state index in [4.69, 9.17) is 0 Å². The number of H-pyrrole nitrogens is 1. The quantitative estimate of drug-likeness (QED) is 0.389. The molecule has 0 saturated heterocycles. The average molecular weight is 413 g/mol. The largest absolute Gasteiger partial charge is 0.378 e. The lowest BCUT2D eigenvalue weighted by atomic mass is 9.83. The van der Waals surface area contributed by atoms with Crippen LogP contribution in [0.4, 0.5) is 5.69 Å². The first-order chi connectivity index (χ1) is 15.2. The molecule has 2 aromatic carbocycles. The van der Waals surface area contributed by atoms with Crippen LogP contribution in [0.5, 0.6) is 0 Å². The standard InChI is InChI=1S/C27H32N4/c1-31(2)22-14-11-19(12-15-22)18-28-30-26-10-6-9-23-24-17-21(20-7-4-3-5-8-20)13-16-25(24)29-27(23)26/h11-18,20,29H,3-10H2,1-2H3/b28-18+,30-26-. The number of aromatic nitrogens is 1. The molecule has 1 N–H and O–H groups in total. The fourth-order valence-corrected chi connectivity index (χ4v) is 5.14. The van der Waals surface area contributed by atoms with Crippen LogP contribution >= 0.6 is 0 Å². The first-order valence-corrected chi connectivity index (χ1v) is 11.7. The highest BCUT2D eigenvalue weighted by Crippen LogP contribution is 2.36. The number of aromatic amines is 1. The van der Waals surface area contributed by atoms with E-state index in [1.807, 2.05) is 20.3 Å². The molecule has 0 unspecified atom stereocenters. The van der Waals surface area contributed by atoms with E-state index in [9.17, 15) is 0 Å². The van der Waals surface area contributed by atoms with Crippen LogP contribution in [0, 0.1) is 0 Å². The fraction of sp³-hybridized carbons (Fsp3) is 0.407. The maximum absolute atomic E-state index is 4.63. The minimum absolute atomic E-state index is 0.740. The molecule has 2 aliphatic rings. The minimum atomic E-state index is 0.740. The number of anilines is 1. The summed E-state index contributed by atoms with van der Waals surface area (Å²) >= 11 is 0. The zero-order valence-corrected chi connectivity index (χ0v) is 18.7. The highest BCUT2D eigenvalue weighted by atomic mass is 15.2. The van der Waals surface area contributed by atoms with Crippen molar-refractivity contribution in [3.63, 3.8) is 0 Å². The summed E-state index contributed by atoms with van der Waals surface area (Å²) in [5.41, 5.74) is 8.73. The Morgan fingerprint density at radius 1 is 0.935 bits per heavy atom. The van der Waals surface area contributed by atoms with Crippen LogP contribution in [0.1, 0.15) is 73.2 Å². The second-order valence-corrected chi connectivity index (χ2v) is 9.25. The minimum Gasteiger partial charge on any atom is -0.378 e. The summed E-state index contributed by atoms with van der Waals surface area (Å²) in [6.45, 7) is 0. The number of fused-ring (bicyclic) bond motifs is 3.